The van der Waals surface area contributed by atoms with E-state index in [-0.39, 0.29) is 31.5 Å². The van der Waals surface area contributed by atoms with Gasteiger partial charge in [0.2, 0.25) is 0 Å². The Hall–Kier alpha value is -3.09. The van der Waals surface area contributed by atoms with E-state index >= 15 is 0 Å². The van der Waals surface area contributed by atoms with Crippen LogP contribution in [0.3, 0.4) is 0 Å². The van der Waals surface area contributed by atoms with Gasteiger partial charge in [0.25, 0.3) is 5.91 Å². The molecule has 1 atom stereocenters. The van der Waals surface area contributed by atoms with Crippen LogP contribution in [0.25, 0.3) is 10.8 Å². The zero-order valence-electron chi connectivity index (χ0n) is 18.0. The van der Waals surface area contributed by atoms with Gasteiger partial charge >= 0.3 is 12.1 Å². The summed E-state index contributed by atoms with van der Waals surface area (Å²) in [7, 11) is 0. The van der Waals surface area contributed by atoms with Crippen molar-refractivity contribution >= 4 is 28.7 Å². The molecule has 7 nitrogen and oxygen atoms in total. The molecule has 2 aromatic rings. The summed E-state index contributed by atoms with van der Waals surface area (Å²) in [6.07, 6.45) is -0.0358. The number of hydrogen-bond acceptors (Lipinski definition) is 5. The summed E-state index contributed by atoms with van der Waals surface area (Å²) in [6, 6.07) is 13.7. The summed E-state index contributed by atoms with van der Waals surface area (Å²) in [4.78, 5) is 35.5. The van der Waals surface area contributed by atoms with Crippen molar-refractivity contribution in [1.82, 2.24) is 10.6 Å². The minimum atomic E-state index is -0.570. The molecular formula is C23H30N2O5. The quantitative estimate of drug-likeness (QED) is 0.505. The number of esters is 1. The number of carbonyl (C=O) groups is 3. The molecule has 2 rings (SSSR count). The molecule has 0 unspecified atom stereocenters. The summed E-state index contributed by atoms with van der Waals surface area (Å²) in [6.45, 7) is 7.16. The van der Waals surface area contributed by atoms with Gasteiger partial charge in [-0.3, -0.25) is 9.59 Å². The Morgan fingerprint density at radius 2 is 1.73 bits per heavy atom. The van der Waals surface area contributed by atoms with Crippen molar-refractivity contribution in [3.05, 3.63) is 48.0 Å². The van der Waals surface area contributed by atoms with E-state index in [2.05, 4.69) is 10.6 Å². The summed E-state index contributed by atoms with van der Waals surface area (Å²) >= 11 is 0. The van der Waals surface area contributed by atoms with Crippen molar-refractivity contribution in [1.29, 1.82) is 0 Å². The largest absolute Gasteiger partial charge is 0.456 e. The molecule has 0 spiro atoms. The molecule has 30 heavy (non-hydrogen) atoms. The number of benzene rings is 2. The predicted molar refractivity (Wildman–Crippen MR) is 115 cm³/mol. The number of carbonyl (C=O) groups excluding carboxylic acids is 3. The van der Waals surface area contributed by atoms with Gasteiger partial charge in [0, 0.05) is 13.0 Å². The fraction of sp³-hybridized carbons (Fsp3) is 0.435. The van der Waals surface area contributed by atoms with Crippen LogP contribution >= 0.6 is 0 Å². The third-order valence-electron chi connectivity index (χ3n) is 4.26. The highest BCUT2D eigenvalue weighted by molar-refractivity contribution is 5.87. The van der Waals surface area contributed by atoms with Crippen LogP contribution in [-0.4, -0.2) is 36.7 Å². The number of rotatable bonds is 8. The van der Waals surface area contributed by atoms with Gasteiger partial charge in [-0.1, -0.05) is 42.5 Å². The second-order valence-corrected chi connectivity index (χ2v) is 8.05. The maximum absolute atomic E-state index is 12.2. The first-order chi connectivity index (χ1) is 14.2. The lowest BCUT2D eigenvalue weighted by atomic mass is 10.00. The van der Waals surface area contributed by atoms with Crippen molar-refractivity contribution in [3.8, 4) is 0 Å². The molecule has 7 heteroatoms. The molecule has 0 aliphatic heterocycles. The maximum Gasteiger partial charge on any atom is 0.407 e. The monoisotopic (exact) mass is 414 g/mol. The number of nitrogens with one attached hydrogen (secondary N) is 2. The zero-order valence-corrected chi connectivity index (χ0v) is 18.0. The number of hydrogen-bond donors (Lipinski definition) is 2. The molecule has 162 valence electrons. The van der Waals surface area contributed by atoms with Crippen LogP contribution in [0.15, 0.2) is 42.5 Å². The Bertz CT molecular complexity index is 883. The highest BCUT2D eigenvalue weighted by Crippen LogP contribution is 2.23. The van der Waals surface area contributed by atoms with Crippen LogP contribution in [0.4, 0.5) is 4.79 Å². The molecular weight excluding hydrogens is 384 g/mol. The molecule has 0 aliphatic rings. The van der Waals surface area contributed by atoms with Crippen LogP contribution in [0.5, 0.6) is 0 Å². The van der Waals surface area contributed by atoms with Crippen LogP contribution in [0.1, 0.15) is 52.1 Å². The molecule has 2 amide bonds. The third-order valence-corrected chi connectivity index (χ3v) is 4.26. The van der Waals surface area contributed by atoms with Crippen LogP contribution in [-0.2, 0) is 19.1 Å². The lowest BCUT2D eigenvalue weighted by molar-refractivity contribution is -0.148. The fourth-order valence-corrected chi connectivity index (χ4v) is 2.94. The number of amides is 2. The van der Waals surface area contributed by atoms with Crippen LogP contribution in [0.2, 0.25) is 0 Å². The standard InChI is InChI=1S/C23H30N2O5/c1-16(18-12-7-10-17-9-5-6-11-19(17)18)25-20(26)15-29-21(27)13-8-14-24-22(28)30-23(2,3)4/h5-7,9-12,16H,8,13-15H2,1-4H3,(H,24,28)(H,25,26)/t16-/m1/s1. The molecule has 2 N–H and O–H groups in total. The molecule has 0 radical (unpaired) electrons. The van der Waals surface area contributed by atoms with Crippen molar-refractivity contribution < 1.29 is 23.9 Å². The van der Waals surface area contributed by atoms with Crippen molar-refractivity contribution in [3.63, 3.8) is 0 Å². The fourth-order valence-electron chi connectivity index (χ4n) is 2.94. The molecule has 0 heterocycles. The Balaban J connectivity index is 1.70. The van der Waals surface area contributed by atoms with Crippen molar-refractivity contribution in [2.45, 2.75) is 52.2 Å². The van der Waals surface area contributed by atoms with E-state index in [4.69, 9.17) is 9.47 Å². The zero-order chi connectivity index (χ0) is 22.1. The molecule has 0 bridgehead atoms. The highest BCUT2D eigenvalue weighted by atomic mass is 16.6. The third kappa shape index (κ3) is 7.73. The minimum Gasteiger partial charge on any atom is -0.456 e. The lowest BCUT2D eigenvalue weighted by Gasteiger charge is -2.19. The molecule has 0 fully saturated rings. The van der Waals surface area contributed by atoms with Gasteiger partial charge in [-0.2, -0.15) is 0 Å². The summed E-state index contributed by atoms with van der Waals surface area (Å²) in [5.74, 6) is -0.857. The molecule has 0 saturated carbocycles. The van der Waals surface area contributed by atoms with Gasteiger partial charge in [0.05, 0.1) is 6.04 Å². The number of ether oxygens (including phenoxy) is 2. The first-order valence-electron chi connectivity index (χ1n) is 10.1. The van der Waals surface area contributed by atoms with E-state index in [9.17, 15) is 14.4 Å². The Morgan fingerprint density at radius 3 is 2.47 bits per heavy atom. The van der Waals surface area contributed by atoms with E-state index in [1.54, 1.807) is 20.8 Å². The van der Waals surface area contributed by atoms with E-state index in [0.29, 0.717) is 6.42 Å². The predicted octanol–water partition coefficient (Wildman–Crippen LogP) is 3.87. The van der Waals surface area contributed by atoms with E-state index in [0.717, 1.165) is 16.3 Å². The Kier molecular flexibility index (Phi) is 8.21. The molecule has 0 saturated heterocycles. The first-order valence-corrected chi connectivity index (χ1v) is 10.1. The summed E-state index contributed by atoms with van der Waals surface area (Å²) in [5.41, 5.74) is 0.431. The van der Waals surface area contributed by atoms with Crippen LogP contribution in [0, 0.1) is 0 Å². The Morgan fingerprint density at radius 1 is 1.03 bits per heavy atom. The van der Waals surface area contributed by atoms with Gasteiger partial charge in [-0.15, -0.1) is 0 Å². The summed E-state index contributed by atoms with van der Waals surface area (Å²) < 4.78 is 10.1. The van der Waals surface area contributed by atoms with E-state index in [1.807, 2.05) is 49.4 Å². The average Bonchev–Trinajstić information content (AvgIpc) is 2.68. The van der Waals surface area contributed by atoms with E-state index < -0.39 is 17.7 Å². The van der Waals surface area contributed by atoms with E-state index in [1.165, 1.54) is 0 Å². The minimum absolute atomic E-state index is 0.0992. The van der Waals surface area contributed by atoms with Gasteiger partial charge in [0.15, 0.2) is 6.61 Å². The summed E-state index contributed by atoms with van der Waals surface area (Å²) in [5, 5.41) is 7.60. The lowest BCUT2D eigenvalue weighted by Crippen LogP contribution is -2.33. The normalized spacial score (nSPS) is 12.1. The van der Waals surface area contributed by atoms with Crippen molar-refractivity contribution in [2.75, 3.05) is 13.2 Å². The number of alkyl carbamates (subject to hydrolysis) is 1. The average molecular weight is 415 g/mol. The van der Waals surface area contributed by atoms with Gasteiger partial charge < -0.3 is 20.1 Å². The number of fused-ring (bicyclic) bond motifs is 1. The SMILES string of the molecule is C[C@@H](NC(=O)COC(=O)CCCNC(=O)OC(C)(C)C)c1cccc2ccccc12. The molecule has 0 aromatic heterocycles. The molecule has 2 aromatic carbocycles. The second-order valence-electron chi connectivity index (χ2n) is 8.05. The maximum atomic E-state index is 12.2. The van der Waals surface area contributed by atoms with Crippen molar-refractivity contribution in [2.24, 2.45) is 0 Å². The van der Waals surface area contributed by atoms with Gasteiger partial charge in [-0.25, -0.2) is 4.79 Å². The molecule has 0 aliphatic carbocycles. The highest BCUT2D eigenvalue weighted by Gasteiger charge is 2.16. The Labute approximate surface area is 177 Å². The topological polar surface area (TPSA) is 93.7 Å². The van der Waals surface area contributed by atoms with Crippen LogP contribution < -0.4 is 10.6 Å². The van der Waals surface area contributed by atoms with Gasteiger partial charge in [-0.05, 0) is 50.5 Å². The van der Waals surface area contributed by atoms with Gasteiger partial charge in [0.1, 0.15) is 5.60 Å². The first kappa shape index (κ1) is 23.2. The second kappa shape index (κ2) is 10.6. The smallest absolute Gasteiger partial charge is 0.407 e.